The molecule has 0 saturated heterocycles. The maximum absolute atomic E-state index is 12.7. The van der Waals surface area contributed by atoms with Crippen LogP contribution in [-0.4, -0.2) is 27.5 Å². The molecule has 1 aliphatic carbocycles. The van der Waals surface area contributed by atoms with Crippen LogP contribution < -0.4 is 10.6 Å². The van der Waals surface area contributed by atoms with E-state index in [0.717, 1.165) is 12.8 Å². The van der Waals surface area contributed by atoms with Gasteiger partial charge < -0.3 is 15.1 Å². The summed E-state index contributed by atoms with van der Waals surface area (Å²) in [4.78, 5) is 21.2. The number of aromatic nitrogens is 2. The first-order valence-electron chi connectivity index (χ1n) is 8.14. The molecule has 6 heteroatoms. The SMILES string of the molecule is Cc1oc2ncnc(NC3(C)CC3)c2c1C(=O)NC(C)C(C)C. The number of carbonyl (C=O) groups is 1. The molecule has 0 bridgehead atoms. The molecule has 1 amide bonds. The van der Waals surface area contributed by atoms with Gasteiger partial charge in [0.1, 0.15) is 17.9 Å². The molecule has 23 heavy (non-hydrogen) atoms. The molecule has 6 nitrogen and oxygen atoms in total. The van der Waals surface area contributed by atoms with Crippen molar-refractivity contribution >= 4 is 22.8 Å². The van der Waals surface area contributed by atoms with Crippen molar-refractivity contribution < 1.29 is 9.21 Å². The second kappa shape index (κ2) is 5.51. The number of fused-ring (bicyclic) bond motifs is 1. The van der Waals surface area contributed by atoms with Gasteiger partial charge in [0, 0.05) is 11.6 Å². The van der Waals surface area contributed by atoms with E-state index in [1.165, 1.54) is 6.33 Å². The predicted octanol–water partition coefficient (Wildman–Crippen LogP) is 3.27. The summed E-state index contributed by atoms with van der Waals surface area (Å²) in [6.45, 7) is 10.1. The van der Waals surface area contributed by atoms with Crippen LogP contribution in [0.3, 0.4) is 0 Å². The fourth-order valence-electron chi connectivity index (χ4n) is 2.46. The molecule has 2 aromatic heterocycles. The van der Waals surface area contributed by atoms with Gasteiger partial charge >= 0.3 is 0 Å². The highest BCUT2D eigenvalue weighted by Gasteiger charge is 2.38. The number of hydrogen-bond donors (Lipinski definition) is 2. The lowest BCUT2D eigenvalue weighted by atomic mass is 10.1. The zero-order valence-electron chi connectivity index (χ0n) is 14.4. The number of rotatable bonds is 5. The van der Waals surface area contributed by atoms with Crippen molar-refractivity contribution in [2.45, 2.75) is 59.0 Å². The van der Waals surface area contributed by atoms with Gasteiger partial charge in [-0.05, 0) is 39.5 Å². The monoisotopic (exact) mass is 316 g/mol. The quantitative estimate of drug-likeness (QED) is 0.885. The van der Waals surface area contributed by atoms with Crippen molar-refractivity contribution in [3.63, 3.8) is 0 Å². The van der Waals surface area contributed by atoms with Gasteiger partial charge in [-0.1, -0.05) is 13.8 Å². The maximum atomic E-state index is 12.7. The highest BCUT2D eigenvalue weighted by Crippen LogP contribution is 2.40. The van der Waals surface area contributed by atoms with E-state index in [1.807, 2.05) is 6.92 Å². The van der Waals surface area contributed by atoms with Gasteiger partial charge in [0.2, 0.25) is 5.71 Å². The molecule has 1 aliphatic rings. The Morgan fingerprint density at radius 1 is 1.30 bits per heavy atom. The number of anilines is 1. The van der Waals surface area contributed by atoms with Crippen molar-refractivity contribution in [3.8, 4) is 0 Å². The molecule has 2 N–H and O–H groups in total. The number of hydrogen-bond acceptors (Lipinski definition) is 5. The van der Waals surface area contributed by atoms with E-state index in [-0.39, 0.29) is 17.5 Å². The summed E-state index contributed by atoms with van der Waals surface area (Å²) in [5, 5.41) is 7.14. The van der Waals surface area contributed by atoms with Gasteiger partial charge in [0.15, 0.2) is 0 Å². The third kappa shape index (κ3) is 3.02. The Morgan fingerprint density at radius 2 is 2.00 bits per heavy atom. The first kappa shape index (κ1) is 15.8. The molecule has 0 aromatic carbocycles. The number of aryl methyl sites for hydroxylation is 1. The molecular formula is C17H24N4O2. The van der Waals surface area contributed by atoms with Crippen LogP contribution in [0.5, 0.6) is 0 Å². The van der Waals surface area contributed by atoms with Gasteiger partial charge in [-0.3, -0.25) is 4.79 Å². The second-order valence-corrected chi connectivity index (χ2v) is 7.13. The van der Waals surface area contributed by atoms with Gasteiger partial charge in [0.05, 0.1) is 10.9 Å². The summed E-state index contributed by atoms with van der Waals surface area (Å²) in [5.74, 6) is 1.46. The summed E-state index contributed by atoms with van der Waals surface area (Å²) in [5.41, 5.74) is 1.04. The maximum Gasteiger partial charge on any atom is 0.255 e. The average molecular weight is 316 g/mol. The minimum absolute atomic E-state index is 0.0609. The lowest BCUT2D eigenvalue weighted by Crippen LogP contribution is -2.36. The van der Waals surface area contributed by atoms with Crippen LogP contribution in [0.15, 0.2) is 10.7 Å². The number of amides is 1. The standard InChI is InChI=1S/C17H24N4O2/c1-9(2)10(3)20-15(22)12-11(4)23-16-13(12)14(18-8-19-16)21-17(5)6-7-17/h8-10H,6-7H2,1-5H3,(H,20,22)(H,18,19,21). The molecule has 1 atom stereocenters. The topological polar surface area (TPSA) is 80.1 Å². The van der Waals surface area contributed by atoms with Crippen molar-refractivity contribution in [1.82, 2.24) is 15.3 Å². The average Bonchev–Trinajstić information content (AvgIpc) is 3.08. The zero-order valence-corrected chi connectivity index (χ0v) is 14.4. The molecule has 2 heterocycles. The molecule has 1 unspecified atom stereocenters. The third-order valence-electron chi connectivity index (χ3n) is 4.67. The van der Waals surface area contributed by atoms with E-state index >= 15 is 0 Å². The number of carbonyl (C=O) groups excluding carboxylic acids is 1. The van der Waals surface area contributed by atoms with Gasteiger partial charge in [-0.15, -0.1) is 0 Å². The van der Waals surface area contributed by atoms with Crippen LogP contribution in [0.4, 0.5) is 5.82 Å². The first-order valence-corrected chi connectivity index (χ1v) is 8.14. The van der Waals surface area contributed by atoms with Crippen LogP contribution in [0.1, 0.15) is 56.7 Å². The van der Waals surface area contributed by atoms with E-state index < -0.39 is 0 Å². The Balaban J connectivity index is 2.01. The second-order valence-electron chi connectivity index (χ2n) is 7.13. The highest BCUT2D eigenvalue weighted by molar-refractivity contribution is 6.10. The molecule has 1 saturated carbocycles. The van der Waals surface area contributed by atoms with Crippen molar-refractivity contribution in [3.05, 3.63) is 17.7 Å². The molecule has 0 radical (unpaired) electrons. The van der Waals surface area contributed by atoms with E-state index in [4.69, 9.17) is 4.42 Å². The zero-order chi connectivity index (χ0) is 16.8. The molecule has 1 fully saturated rings. The van der Waals surface area contributed by atoms with Crippen LogP contribution in [0, 0.1) is 12.8 Å². The van der Waals surface area contributed by atoms with Crippen LogP contribution in [0.25, 0.3) is 11.1 Å². The summed E-state index contributed by atoms with van der Waals surface area (Å²) in [7, 11) is 0. The van der Waals surface area contributed by atoms with E-state index in [2.05, 4.69) is 41.4 Å². The smallest absolute Gasteiger partial charge is 0.255 e. The summed E-state index contributed by atoms with van der Waals surface area (Å²) >= 11 is 0. The predicted molar refractivity (Wildman–Crippen MR) is 89.6 cm³/mol. The lowest BCUT2D eigenvalue weighted by molar-refractivity contribution is 0.0930. The van der Waals surface area contributed by atoms with Crippen molar-refractivity contribution in [2.75, 3.05) is 5.32 Å². The number of nitrogens with one attached hydrogen (secondary N) is 2. The van der Waals surface area contributed by atoms with Gasteiger partial charge in [-0.2, -0.15) is 0 Å². The molecule has 0 spiro atoms. The fourth-order valence-corrected chi connectivity index (χ4v) is 2.46. The van der Waals surface area contributed by atoms with Gasteiger partial charge in [-0.25, -0.2) is 9.97 Å². The summed E-state index contributed by atoms with van der Waals surface area (Å²) in [6.07, 6.45) is 3.67. The molecule has 124 valence electrons. The van der Waals surface area contributed by atoms with Gasteiger partial charge in [0.25, 0.3) is 5.91 Å². The Morgan fingerprint density at radius 3 is 2.61 bits per heavy atom. The Labute approximate surface area is 136 Å². The molecular weight excluding hydrogens is 292 g/mol. The summed E-state index contributed by atoms with van der Waals surface area (Å²) in [6, 6.07) is 0.0776. The number of furan rings is 1. The Bertz CT molecular complexity index is 746. The lowest BCUT2D eigenvalue weighted by Gasteiger charge is -2.18. The largest absolute Gasteiger partial charge is 0.442 e. The summed E-state index contributed by atoms with van der Waals surface area (Å²) < 4.78 is 5.69. The van der Waals surface area contributed by atoms with Crippen LogP contribution in [0.2, 0.25) is 0 Å². The highest BCUT2D eigenvalue weighted by atomic mass is 16.3. The normalized spacial score (nSPS) is 17.3. The van der Waals surface area contributed by atoms with E-state index in [1.54, 1.807) is 6.92 Å². The van der Waals surface area contributed by atoms with E-state index in [0.29, 0.717) is 34.2 Å². The first-order chi connectivity index (χ1) is 10.8. The molecule has 0 aliphatic heterocycles. The fraction of sp³-hybridized carbons (Fsp3) is 0.588. The van der Waals surface area contributed by atoms with Crippen molar-refractivity contribution in [2.24, 2.45) is 5.92 Å². The van der Waals surface area contributed by atoms with Crippen LogP contribution in [-0.2, 0) is 0 Å². The van der Waals surface area contributed by atoms with E-state index in [9.17, 15) is 4.79 Å². The Kier molecular flexibility index (Phi) is 3.78. The minimum Gasteiger partial charge on any atom is -0.442 e. The Hall–Kier alpha value is -2.11. The van der Waals surface area contributed by atoms with Crippen molar-refractivity contribution in [1.29, 1.82) is 0 Å². The number of nitrogens with zero attached hydrogens (tertiary/aromatic N) is 2. The molecule has 3 rings (SSSR count). The molecule has 2 aromatic rings. The van der Waals surface area contributed by atoms with Crippen LogP contribution >= 0.6 is 0 Å². The minimum atomic E-state index is -0.138. The third-order valence-corrected chi connectivity index (χ3v) is 4.67.